The van der Waals surface area contributed by atoms with Gasteiger partial charge in [-0.05, 0) is 5.46 Å². The number of aromatic hydroxyl groups is 2. The van der Waals surface area contributed by atoms with Crippen molar-refractivity contribution < 1.29 is 14.6 Å². The highest BCUT2D eigenvalue weighted by molar-refractivity contribution is 6.98. The third-order valence-electron chi connectivity index (χ3n) is 2.75. The lowest BCUT2D eigenvalue weighted by molar-refractivity contribution is 0.435. The first-order valence-corrected chi connectivity index (χ1v) is 5.23. The van der Waals surface area contributed by atoms with Gasteiger partial charge in [0.25, 0.3) is 0 Å². The number of benzene rings is 1. The van der Waals surface area contributed by atoms with E-state index < -0.39 is 11.6 Å². The van der Waals surface area contributed by atoms with E-state index in [1.807, 2.05) is 7.74 Å². The molecule has 16 heavy (non-hydrogen) atoms. The summed E-state index contributed by atoms with van der Waals surface area (Å²) in [5.74, 6) is -1.22. The molecule has 2 rings (SSSR count). The monoisotopic (exact) mass is 237 g/mol. The maximum Gasteiger partial charge on any atom is 0.159 e. The van der Waals surface area contributed by atoms with Gasteiger partial charge in [0.1, 0.15) is 20.8 Å². The number of fused-ring (bicyclic) bond motifs is 1. The van der Waals surface area contributed by atoms with Crippen molar-refractivity contribution in [3.8, 4) is 11.5 Å². The maximum absolute atomic E-state index is 13.5. The number of hydrogen-bond acceptors (Lipinski definition) is 2. The minimum absolute atomic E-state index is 0.0242. The summed E-state index contributed by atoms with van der Waals surface area (Å²) in [6.07, 6.45) is 0. The molecule has 0 aliphatic rings. The average molecular weight is 237 g/mol. The van der Waals surface area contributed by atoms with E-state index in [9.17, 15) is 14.6 Å². The molecule has 3 nitrogen and oxygen atoms in total. The summed E-state index contributed by atoms with van der Waals surface area (Å²) < 4.78 is 14.7. The Labute approximate surface area is 99.0 Å². The van der Waals surface area contributed by atoms with Crippen LogP contribution in [0.1, 0.15) is 0 Å². The number of phenolic OH excluding ortho intramolecular Hbond substituents is 1. The van der Waals surface area contributed by atoms with Crippen molar-refractivity contribution in [3.05, 3.63) is 11.9 Å². The highest BCUT2D eigenvalue weighted by atomic mass is 35.5. The fraction of sp³-hybridized carbons (Fsp3) is 0. The van der Waals surface area contributed by atoms with Crippen molar-refractivity contribution in [3.63, 3.8) is 0 Å². The topological polar surface area (TPSA) is 45.4 Å². The van der Waals surface area contributed by atoms with E-state index in [4.69, 9.17) is 11.8 Å². The van der Waals surface area contributed by atoms with Gasteiger partial charge >= 0.3 is 0 Å². The van der Waals surface area contributed by atoms with E-state index in [0.29, 0.717) is 23.7 Å². The SMILES string of the molecule is BBc1c(O)c2c(B)c(F)c(O)cc2n1Cl. The summed E-state index contributed by atoms with van der Waals surface area (Å²) in [5, 5.41) is 19.6. The Morgan fingerprint density at radius 1 is 1.44 bits per heavy atom. The second kappa shape index (κ2) is 3.66. The largest absolute Gasteiger partial charge is 0.506 e. The number of hydrogen-bond donors (Lipinski definition) is 2. The first-order valence-electron chi connectivity index (χ1n) is 4.89. The predicted molar refractivity (Wildman–Crippen MR) is 70.0 cm³/mol. The van der Waals surface area contributed by atoms with Crippen molar-refractivity contribution in [2.75, 3.05) is 0 Å². The highest BCUT2D eigenvalue weighted by Crippen LogP contribution is 2.28. The average Bonchev–Trinajstić information content (AvgIpc) is 2.48. The summed E-state index contributed by atoms with van der Waals surface area (Å²) in [6.45, 7) is 0. The van der Waals surface area contributed by atoms with Crippen LogP contribution in [0.15, 0.2) is 6.07 Å². The molecule has 80 valence electrons. The first-order chi connectivity index (χ1) is 7.49. The summed E-state index contributed by atoms with van der Waals surface area (Å²) in [4.78, 5) is 0. The fourth-order valence-corrected chi connectivity index (χ4v) is 2.23. The highest BCUT2D eigenvalue weighted by Gasteiger charge is 2.20. The minimum atomic E-state index is -0.729. The van der Waals surface area contributed by atoms with E-state index in [2.05, 4.69) is 0 Å². The zero-order valence-electron chi connectivity index (χ0n) is 8.88. The Balaban J connectivity index is 3.00. The molecule has 0 aliphatic carbocycles. The lowest BCUT2D eigenvalue weighted by atomic mass is 9.53. The van der Waals surface area contributed by atoms with E-state index in [-0.39, 0.29) is 11.2 Å². The molecule has 0 atom stereocenters. The molecule has 0 bridgehead atoms. The molecule has 0 amide bonds. The predicted octanol–water partition coefficient (Wildman–Crippen LogP) is -1.94. The number of rotatable bonds is 1. The molecule has 8 heteroatoms. The molecular weight excluding hydrogens is 229 g/mol. The van der Waals surface area contributed by atoms with Crippen LogP contribution < -0.4 is 11.1 Å². The first kappa shape index (κ1) is 11.3. The van der Waals surface area contributed by atoms with Gasteiger partial charge in [-0.1, -0.05) is 0 Å². The van der Waals surface area contributed by atoms with Crippen molar-refractivity contribution in [2.45, 2.75) is 0 Å². The van der Waals surface area contributed by atoms with Crippen LogP contribution >= 0.6 is 11.8 Å². The second-order valence-corrected chi connectivity index (χ2v) is 4.00. The van der Waals surface area contributed by atoms with Crippen LogP contribution in [-0.4, -0.2) is 37.1 Å². The zero-order valence-corrected chi connectivity index (χ0v) is 9.64. The summed E-state index contributed by atoms with van der Waals surface area (Å²) in [6, 6.07) is 1.21. The van der Waals surface area contributed by atoms with Gasteiger partial charge in [-0.15, -0.1) is 0 Å². The van der Waals surface area contributed by atoms with E-state index in [0.717, 1.165) is 0 Å². The molecule has 0 fully saturated rings. The number of phenols is 1. The summed E-state index contributed by atoms with van der Waals surface area (Å²) in [7, 11) is 3.84. The molecule has 0 aliphatic heterocycles. The molecule has 1 aromatic carbocycles. The molecule has 0 saturated heterocycles. The Kier molecular flexibility index (Phi) is 2.58. The van der Waals surface area contributed by atoms with Gasteiger partial charge in [0.15, 0.2) is 11.6 Å². The quantitative estimate of drug-likeness (QED) is 0.567. The van der Waals surface area contributed by atoms with Gasteiger partial charge in [0.2, 0.25) is 0 Å². The van der Waals surface area contributed by atoms with Crippen LogP contribution in [-0.2, 0) is 0 Å². The summed E-state index contributed by atoms with van der Waals surface area (Å²) in [5.41, 5.74) is 1.11. The van der Waals surface area contributed by atoms with Crippen LogP contribution in [0.2, 0.25) is 0 Å². The Bertz CT molecular complexity index is 587. The zero-order chi connectivity index (χ0) is 12.0. The van der Waals surface area contributed by atoms with Crippen molar-refractivity contribution in [1.29, 1.82) is 0 Å². The third kappa shape index (κ3) is 1.31. The van der Waals surface area contributed by atoms with Crippen LogP contribution in [0.3, 0.4) is 0 Å². The molecule has 0 radical (unpaired) electrons. The molecule has 2 aromatic rings. The fourth-order valence-electron chi connectivity index (χ4n) is 1.90. The smallest absolute Gasteiger partial charge is 0.159 e. The van der Waals surface area contributed by atoms with Crippen LogP contribution in [0, 0.1) is 5.82 Å². The van der Waals surface area contributed by atoms with Gasteiger partial charge < -0.3 is 10.2 Å². The van der Waals surface area contributed by atoms with Crippen LogP contribution in [0.5, 0.6) is 11.5 Å². The number of nitrogens with zero attached hydrogens (tertiary/aromatic N) is 1. The Hall–Kier alpha value is -1.23. The third-order valence-corrected chi connectivity index (χ3v) is 3.14. The van der Waals surface area contributed by atoms with Gasteiger partial charge in [-0.2, -0.15) is 0 Å². The maximum atomic E-state index is 13.5. The van der Waals surface area contributed by atoms with Crippen LogP contribution in [0.25, 0.3) is 10.9 Å². The minimum Gasteiger partial charge on any atom is -0.506 e. The lowest BCUT2D eigenvalue weighted by Gasteiger charge is -2.02. The molecular formula is C8H8B3ClFNO2. The molecule has 0 spiro atoms. The van der Waals surface area contributed by atoms with Gasteiger partial charge in [0, 0.05) is 28.8 Å². The molecule has 0 saturated carbocycles. The normalized spacial score (nSPS) is 10.9. The van der Waals surface area contributed by atoms with Crippen molar-refractivity contribution >= 4 is 56.5 Å². The van der Waals surface area contributed by atoms with E-state index >= 15 is 0 Å². The van der Waals surface area contributed by atoms with Crippen LogP contribution in [0.4, 0.5) is 4.39 Å². The van der Waals surface area contributed by atoms with Gasteiger partial charge in [0.05, 0.1) is 13.3 Å². The Morgan fingerprint density at radius 3 is 2.62 bits per heavy atom. The Morgan fingerprint density at radius 2 is 2.06 bits per heavy atom. The molecule has 1 heterocycles. The molecule has 1 aromatic heterocycles. The number of halogens is 2. The van der Waals surface area contributed by atoms with E-state index in [1.165, 1.54) is 18.0 Å². The summed E-state index contributed by atoms with van der Waals surface area (Å²) >= 11 is 5.98. The van der Waals surface area contributed by atoms with E-state index in [1.54, 1.807) is 0 Å². The van der Waals surface area contributed by atoms with Crippen molar-refractivity contribution in [1.82, 2.24) is 4.09 Å². The molecule has 0 unspecified atom stereocenters. The lowest BCUT2D eigenvalue weighted by Crippen LogP contribution is -2.19. The standard InChI is InChI=1S/C8H8B3ClFNO2/c9-5-4-2(1-3(15)6(5)13)14(12)8(11-10)7(4)16/h1,11,15-16H,9-10H2. The van der Waals surface area contributed by atoms with Gasteiger partial charge in [-0.25, -0.2) is 4.39 Å². The molecule has 2 N–H and O–H groups in total. The number of aromatic nitrogens is 1. The van der Waals surface area contributed by atoms with Gasteiger partial charge in [-0.3, -0.25) is 4.09 Å². The van der Waals surface area contributed by atoms with Crippen molar-refractivity contribution in [2.24, 2.45) is 0 Å². The second-order valence-electron chi connectivity index (χ2n) is 3.66.